The van der Waals surface area contributed by atoms with Gasteiger partial charge in [-0.2, -0.15) is 0 Å². The standard InChI is InChI=1S/C18H22F2N4O5/c1-3-29-8-4-7-21-16(27)22-14(25)10-24-15(26)18(2,23-17(24)28)12-9-11(19)5-6-13(12)20/h5-6,9H,3-4,7-8,10H2,1-2H3,(H,23,28)(H2,21,22,25,27)/t18-/m1/s1. The van der Waals surface area contributed by atoms with Crippen molar-refractivity contribution in [2.24, 2.45) is 0 Å². The van der Waals surface area contributed by atoms with Crippen molar-refractivity contribution in [3.05, 3.63) is 35.4 Å². The molecule has 0 radical (unpaired) electrons. The molecule has 1 aliphatic heterocycles. The van der Waals surface area contributed by atoms with Crippen LogP contribution < -0.4 is 16.0 Å². The zero-order valence-corrected chi connectivity index (χ0v) is 16.0. The fraction of sp³-hybridized carbons (Fsp3) is 0.444. The molecule has 3 N–H and O–H groups in total. The number of imide groups is 2. The number of urea groups is 2. The second kappa shape index (κ2) is 9.41. The van der Waals surface area contributed by atoms with Gasteiger partial charge in [0.15, 0.2) is 0 Å². The van der Waals surface area contributed by atoms with Crippen LogP contribution in [0.5, 0.6) is 0 Å². The Kier molecular flexibility index (Phi) is 7.21. The minimum atomic E-state index is -1.88. The molecule has 0 aliphatic carbocycles. The molecule has 0 aromatic heterocycles. The van der Waals surface area contributed by atoms with Gasteiger partial charge in [-0.15, -0.1) is 0 Å². The van der Waals surface area contributed by atoms with Gasteiger partial charge in [-0.3, -0.25) is 19.8 Å². The van der Waals surface area contributed by atoms with Gasteiger partial charge in [0.1, 0.15) is 23.7 Å². The van der Waals surface area contributed by atoms with Crippen LogP contribution in [0, 0.1) is 11.6 Å². The second-order valence-electron chi connectivity index (χ2n) is 6.43. The van der Waals surface area contributed by atoms with Crippen LogP contribution in [-0.4, -0.2) is 55.1 Å². The fourth-order valence-corrected chi connectivity index (χ4v) is 2.78. The summed E-state index contributed by atoms with van der Waals surface area (Å²) >= 11 is 0. The molecule has 1 aliphatic rings. The maximum Gasteiger partial charge on any atom is 0.325 e. The first-order chi connectivity index (χ1) is 13.7. The lowest BCUT2D eigenvalue weighted by atomic mass is 9.91. The third kappa shape index (κ3) is 5.25. The predicted molar refractivity (Wildman–Crippen MR) is 96.6 cm³/mol. The van der Waals surface area contributed by atoms with Crippen LogP contribution in [0.15, 0.2) is 18.2 Å². The van der Waals surface area contributed by atoms with E-state index in [9.17, 15) is 28.0 Å². The number of rotatable bonds is 8. The highest BCUT2D eigenvalue weighted by Crippen LogP contribution is 2.31. The number of halogens is 2. The molecule has 0 spiro atoms. The molecule has 1 aromatic carbocycles. The van der Waals surface area contributed by atoms with E-state index in [1.807, 2.05) is 12.2 Å². The normalized spacial score (nSPS) is 18.6. The Morgan fingerprint density at radius 1 is 1.28 bits per heavy atom. The average molecular weight is 412 g/mol. The van der Waals surface area contributed by atoms with E-state index >= 15 is 0 Å². The van der Waals surface area contributed by atoms with E-state index < -0.39 is 47.6 Å². The maximum absolute atomic E-state index is 14.1. The highest BCUT2D eigenvalue weighted by atomic mass is 19.1. The molecule has 1 aromatic rings. The Hall–Kier alpha value is -3.08. The first kappa shape index (κ1) is 22.2. The number of benzene rings is 1. The molecule has 9 nitrogen and oxygen atoms in total. The number of carbonyl (C=O) groups excluding carboxylic acids is 4. The topological polar surface area (TPSA) is 117 Å². The SMILES string of the molecule is CCOCCCNC(=O)NC(=O)CN1C(=O)N[C@](C)(c2cc(F)ccc2F)C1=O. The van der Waals surface area contributed by atoms with Crippen LogP contribution in [0.3, 0.4) is 0 Å². The molecule has 29 heavy (non-hydrogen) atoms. The summed E-state index contributed by atoms with van der Waals surface area (Å²) in [6.07, 6.45) is 0.542. The van der Waals surface area contributed by atoms with Gasteiger partial charge in [0, 0.05) is 25.3 Å². The molecule has 11 heteroatoms. The Bertz CT molecular complexity index is 819. The summed E-state index contributed by atoms with van der Waals surface area (Å²) in [6, 6.07) is 0.751. The van der Waals surface area contributed by atoms with Crippen molar-refractivity contribution in [3.63, 3.8) is 0 Å². The lowest BCUT2D eigenvalue weighted by Gasteiger charge is -2.22. The van der Waals surface area contributed by atoms with Crippen LogP contribution in [0.4, 0.5) is 18.4 Å². The number of nitrogens with one attached hydrogen (secondary N) is 3. The molecule has 1 saturated heterocycles. The van der Waals surface area contributed by atoms with Crippen molar-refractivity contribution >= 4 is 23.9 Å². The van der Waals surface area contributed by atoms with E-state index in [-0.39, 0.29) is 12.1 Å². The highest BCUT2D eigenvalue weighted by molar-refractivity contribution is 6.10. The Morgan fingerprint density at radius 3 is 2.69 bits per heavy atom. The molecule has 0 saturated carbocycles. The van der Waals surface area contributed by atoms with Crippen LogP contribution in [-0.2, 0) is 19.9 Å². The van der Waals surface area contributed by atoms with Crippen LogP contribution in [0.25, 0.3) is 0 Å². The highest BCUT2D eigenvalue weighted by Gasteiger charge is 2.50. The molecule has 1 atom stereocenters. The summed E-state index contributed by atoms with van der Waals surface area (Å²) in [5.41, 5.74) is -2.25. The van der Waals surface area contributed by atoms with E-state index in [1.54, 1.807) is 0 Å². The monoisotopic (exact) mass is 412 g/mol. The minimum Gasteiger partial charge on any atom is -0.382 e. The summed E-state index contributed by atoms with van der Waals surface area (Å²) in [7, 11) is 0. The summed E-state index contributed by atoms with van der Waals surface area (Å²) in [4.78, 5) is 49.0. The van der Waals surface area contributed by atoms with Gasteiger partial charge >= 0.3 is 12.1 Å². The Labute approximate surface area is 165 Å². The summed E-state index contributed by atoms with van der Waals surface area (Å²) in [5, 5.41) is 6.68. The quantitative estimate of drug-likeness (QED) is 0.435. The number of hydrogen-bond donors (Lipinski definition) is 3. The van der Waals surface area contributed by atoms with E-state index in [2.05, 4.69) is 10.6 Å². The Morgan fingerprint density at radius 2 is 2.00 bits per heavy atom. The molecule has 1 heterocycles. The van der Waals surface area contributed by atoms with Crippen LogP contribution in [0.1, 0.15) is 25.8 Å². The molecule has 1 fully saturated rings. The second-order valence-corrected chi connectivity index (χ2v) is 6.43. The first-order valence-corrected chi connectivity index (χ1v) is 8.94. The smallest absolute Gasteiger partial charge is 0.325 e. The molecule has 0 bridgehead atoms. The van der Waals surface area contributed by atoms with Crippen molar-refractivity contribution in [2.75, 3.05) is 26.3 Å². The lowest BCUT2D eigenvalue weighted by Crippen LogP contribution is -2.47. The van der Waals surface area contributed by atoms with Gasteiger partial charge in [0.25, 0.3) is 5.91 Å². The zero-order valence-electron chi connectivity index (χ0n) is 16.0. The number of hydrogen-bond acceptors (Lipinski definition) is 5. The first-order valence-electron chi connectivity index (χ1n) is 8.94. The van der Waals surface area contributed by atoms with Gasteiger partial charge in [-0.1, -0.05) is 0 Å². The predicted octanol–water partition coefficient (Wildman–Crippen LogP) is 0.984. The van der Waals surface area contributed by atoms with E-state index in [1.165, 1.54) is 6.92 Å². The molecule has 0 unspecified atom stereocenters. The van der Waals surface area contributed by atoms with Gasteiger partial charge in [0.2, 0.25) is 5.91 Å². The number of ether oxygens (including phenoxy) is 1. The van der Waals surface area contributed by atoms with Crippen LogP contribution >= 0.6 is 0 Å². The van der Waals surface area contributed by atoms with Crippen molar-refractivity contribution < 1.29 is 32.7 Å². The summed E-state index contributed by atoms with van der Waals surface area (Å²) < 4.78 is 32.7. The van der Waals surface area contributed by atoms with E-state index in [4.69, 9.17) is 4.74 Å². The number of nitrogens with zero attached hydrogens (tertiary/aromatic N) is 1. The zero-order chi connectivity index (χ0) is 21.6. The van der Waals surface area contributed by atoms with Gasteiger partial charge in [-0.25, -0.2) is 18.4 Å². The molecule has 158 valence electrons. The van der Waals surface area contributed by atoms with E-state index in [0.29, 0.717) is 24.5 Å². The summed E-state index contributed by atoms with van der Waals surface area (Å²) in [6.45, 7) is 3.54. The van der Waals surface area contributed by atoms with Gasteiger partial charge in [-0.05, 0) is 38.5 Å². The third-order valence-electron chi connectivity index (χ3n) is 4.25. The summed E-state index contributed by atoms with van der Waals surface area (Å²) in [5.74, 6) is -3.54. The fourth-order valence-electron chi connectivity index (χ4n) is 2.78. The van der Waals surface area contributed by atoms with Crippen molar-refractivity contribution in [2.45, 2.75) is 25.8 Å². The van der Waals surface area contributed by atoms with Crippen LogP contribution in [0.2, 0.25) is 0 Å². The average Bonchev–Trinajstić information content (AvgIpc) is 2.87. The minimum absolute atomic E-state index is 0.263. The van der Waals surface area contributed by atoms with E-state index in [0.717, 1.165) is 18.2 Å². The number of amides is 6. The molecular formula is C18H22F2N4O5. The Balaban J connectivity index is 1.97. The maximum atomic E-state index is 14.1. The number of carbonyl (C=O) groups is 4. The van der Waals surface area contributed by atoms with Gasteiger partial charge < -0.3 is 15.4 Å². The molecular weight excluding hydrogens is 390 g/mol. The van der Waals surface area contributed by atoms with Gasteiger partial charge in [0.05, 0.1) is 0 Å². The lowest BCUT2D eigenvalue weighted by molar-refractivity contribution is -0.134. The van der Waals surface area contributed by atoms with Crippen molar-refractivity contribution in [3.8, 4) is 0 Å². The molecule has 6 amide bonds. The third-order valence-corrected chi connectivity index (χ3v) is 4.25. The molecule has 2 rings (SSSR count). The van der Waals surface area contributed by atoms with Crippen molar-refractivity contribution in [1.82, 2.24) is 20.9 Å². The largest absolute Gasteiger partial charge is 0.382 e. The van der Waals surface area contributed by atoms with Crippen molar-refractivity contribution in [1.29, 1.82) is 0 Å².